The fourth-order valence-corrected chi connectivity index (χ4v) is 5.44. The van der Waals surface area contributed by atoms with Crippen LogP contribution in [0.5, 0.6) is 0 Å². The van der Waals surface area contributed by atoms with Crippen molar-refractivity contribution in [2.24, 2.45) is 5.92 Å². The molecule has 1 aliphatic carbocycles. The van der Waals surface area contributed by atoms with Crippen LogP contribution in [-0.4, -0.2) is 37.4 Å². The van der Waals surface area contributed by atoms with Gasteiger partial charge in [0.25, 0.3) is 0 Å². The van der Waals surface area contributed by atoms with E-state index in [1.807, 2.05) is 13.8 Å². The summed E-state index contributed by atoms with van der Waals surface area (Å²) in [6.45, 7) is 4.24. The minimum absolute atomic E-state index is 0.132. The van der Waals surface area contributed by atoms with Crippen LogP contribution < -0.4 is 0 Å². The van der Waals surface area contributed by atoms with E-state index >= 15 is 0 Å². The molecule has 5 nitrogen and oxygen atoms in total. The highest BCUT2D eigenvalue weighted by atomic mass is 32.2. The predicted molar refractivity (Wildman–Crippen MR) is 91.0 cm³/mol. The van der Waals surface area contributed by atoms with Crippen molar-refractivity contribution in [3.63, 3.8) is 0 Å². The van der Waals surface area contributed by atoms with Crippen LogP contribution in [0.25, 0.3) is 0 Å². The van der Waals surface area contributed by atoms with E-state index in [2.05, 4.69) is 0 Å². The minimum Gasteiger partial charge on any atom is -0.360 e. The molecule has 132 valence electrons. The van der Waals surface area contributed by atoms with Gasteiger partial charge in [-0.25, -0.2) is 8.42 Å². The highest BCUT2D eigenvalue weighted by Gasteiger charge is 2.48. The number of hydrogen-bond donors (Lipinski definition) is 0. The quantitative estimate of drug-likeness (QED) is 0.837. The maximum atomic E-state index is 13.2. The second-order valence-electron chi connectivity index (χ2n) is 6.75. The molecule has 6 heteroatoms. The Morgan fingerprint density at radius 1 is 1.21 bits per heavy atom. The number of Topliss-reactive ketones (excluding diaryl/α,β-unsaturated/α-hetero) is 1. The average molecular weight is 351 g/mol. The van der Waals surface area contributed by atoms with Gasteiger partial charge in [-0.3, -0.25) is 4.79 Å². The molecule has 0 aromatic heterocycles. The van der Waals surface area contributed by atoms with Crippen molar-refractivity contribution in [1.29, 1.82) is 0 Å². The summed E-state index contributed by atoms with van der Waals surface area (Å²) >= 11 is 0. The van der Waals surface area contributed by atoms with Crippen molar-refractivity contribution in [3.05, 3.63) is 29.8 Å². The van der Waals surface area contributed by atoms with E-state index in [-0.39, 0.29) is 22.6 Å². The number of carbonyl (C=O) groups is 1. The van der Waals surface area contributed by atoms with E-state index in [9.17, 15) is 13.2 Å². The standard InChI is InChI=1S/C18H25NO4S/c1-3-14-12-23-18(16-6-4-5-7-17(16)20)19(14)24(21,22)15-10-8-13(2)9-11-15/h8-11,14,16,18H,3-7,12H2,1-2H3/t14-,16-,18-/m1/s1. The van der Waals surface area contributed by atoms with Gasteiger partial charge in [0, 0.05) is 6.42 Å². The van der Waals surface area contributed by atoms with Crippen LogP contribution in [-0.2, 0) is 19.6 Å². The van der Waals surface area contributed by atoms with E-state index in [0.29, 0.717) is 25.9 Å². The van der Waals surface area contributed by atoms with Crippen LogP contribution >= 0.6 is 0 Å². The van der Waals surface area contributed by atoms with Crippen molar-refractivity contribution in [2.75, 3.05) is 6.61 Å². The fraction of sp³-hybridized carbons (Fsp3) is 0.611. The van der Waals surface area contributed by atoms with Gasteiger partial charge in [0.05, 0.1) is 23.5 Å². The lowest BCUT2D eigenvalue weighted by Gasteiger charge is -2.33. The maximum Gasteiger partial charge on any atom is 0.245 e. The molecule has 0 spiro atoms. The zero-order valence-electron chi connectivity index (χ0n) is 14.3. The first-order valence-electron chi connectivity index (χ1n) is 8.69. The second kappa shape index (κ2) is 6.94. The molecule has 3 rings (SSSR count). The summed E-state index contributed by atoms with van der Waals surface area (Å²) in [7, 11) is -3.68. The molecule has 24 heavy (non-hydrogen) atoms. The van der Waals surface area contributed by atoms with Crippen LogP contribution in [0.2, 0.25) is 0 Å². The summed E-state index contributed by atoms with van der Waals surface area (Å²) < 4.78 is 33.7. The molecule has 1 heterocycles. The van der Waals surface area contributed by atoms with Crippen molar-refractivity contribution in [1.82, 2.24) is 4.31 Å². The third-order valence-corrected chi connectivity index (χ3v) is 7.01. The Labute approximate surface area is 144 Å². The molecule has 2 fully saturated rings. The van der Waals surface area contributed by atoms with E-state index in [0.717, 1.165) is 18.4 Å². The fourth-order valence-electron chi connectivity index (χ4n) is 3.63. The zero-order valence-corrected chi connectivity index (χ0v) is 15.1. The number of ether oxygens (including phenoxy) is 1. The third-order valence-electron chi connectivity index (χ3n) is 5.08. The maximum absolute atomic E-state index is 13.2. The van der Waals surface area contributed by atoms with Crippen LogP contribution in [0, 0.1) is 12.8 Å². The van der Waals surface area contributed by atoms with Crippen LogP contribution in [0.15, 0.2) is 29.2 Å². The summed E-state index contributed by atoms with van der Waals surface area (Å²) in [5, 5.41) is 0. The molecule has 0 amide bonds. The molecule has 1 saturated carbocycles. The number of sulfonamides is 1. The summed E-state index contributed by atoms with van der Waals surface area (Å²) in [6, 6.07) is 6.65. The molecule has 1 aliphatic heterocycles. The molecule has 3 atom stereocenters. The molecular weight excluding hydrogens is 326 g/mol. The van der Waals surface area contributed by atoms with Gasteiger partial charge < -0.3 is 4.74 Å². The van der Waals surface area contributed by atoms with E-state index in [1.165, 1.54) is 4.31 Å². The topological polar surface area (TPSA) is 63.7 Å². The van der Waals surface area contributed by atoms with Gasteiger partial charge in [-0.2, -0.15) is 4.31 Å². The van der Waals surface area contributed by atoms with Crippen molar-refractivity contribution in [2.45, 2.75) is 63.1 Å². The largest absolute Gasteiger partial charge is 0.360 e. The van der Waals surface area contributed by atoms with E-state index in [4.69, 9.17) is 4.74 Å². The van der Waals surface area contributed by atoms with Crippen LogP contribution in [0.1, 0.15) is 44.6 Å². The second-order valence-corrected chi connectivity index (χ2v) is 8.60. The Morgan fingerprint density at radius 3 is 2.54 bits per heavy atom. The van der Waals surface area contributed by atoms with Gasteiger partial charge in [-0.15, -0.1) is 0 Å². The molecule has 0 unspecified atom stereocenters. The highest BCUT2D eigenvalue weighted by Crippen LogP contribution is 2.36. The van der Waals surface area contributed by atoms with Gasteiger partial charge in [-0.05, 0) is 38.3 Å². The number of aryl methyl sites for hydroxylation is 1. The molecule has 1 saturated heterocycles. The normalized spacial score (nSPS) is 29.1. The molecule has 0 radical (unpaired) electrons. The SMILES string of the molecule is CC[C@@H]1CO[C@H]([C@@H]2CCCCC2=O)N1S(=O)(=O)c1ccc(C)cc1. The lowest BCUT2D eigenvalue weighted by Crippen LogP contribution is -2.47. The first kappa shape index (κ1) is 17.6. The first-order chi connectivity index (χ1) is 11.4. The number of benzene rings is 1. The number of carbonyl (C=O) groups excluding carboxylic acids is 1. The summed E-state index contributed by atoms with van der Waals surface area (Å²) in [6.07, 6.45) is 3.09. The van der Waals surface area contributed by atoms with E-state index in [1.54, 1.807) is 24.3 Å². The number of ketones is 1. The summed E-state index contributed by atoms with van der Waals surface area (Å²) in [5.41, 5.74) is 1.01. The molecule has 0 bridgehead atoms. The minimum atomic E-state index is -3.68. The molecule has 1 aromatic rings. The van der Waals surface area contributed by atoms with Gasteiger partial charge in [0.15, 0.2) is 0 Å². The lowest BCUT2D eigenvalue weighted by atomic mass is 9.86. The third kappa shape index (κ3) is 3.15. The highest BCUT2D eigenvalue weighted by molar-refractivity contribution is 7.89. The Kier molecular flexibility index (Phi) is 5.08. The van der Waals surface area contributed by atoms with Gasteiger partial charge >= 0.3 is 0 Å². The van der Waals surface area contributed by atoms with Crippen molar-refractivity contribution in [3.8, 4) is 0 Å². The van der Waals surface area contributed by atoms with Crippen LogP contribution in [0.3, 0.4) is 0 Å². The van der Waals surface area contributed by atoms with Crippen LogP contribution in [0.4, 0.5) is 0 Å². The molecule has 2 aliphatic rings. The van der Waals surface area contributed by atoms with Gasteiger partial charge in [-0.1, -0.05) is 31.0 Å². The van der Waals surface area contributed by atoms with Gasteiger partial charge in [0.2, 0.25) is 10.0 Å². The Bertz CT molecular complexity index is 698. The Hall–Kier alpha value is -1.24. The monoisotopic (exact) mass is 351 g/mol. The number of hydrogen-bond acceptors (Lipinski definition) is 4. The zero-order chi connectivity index (χ0) is 17.3. The average Bonchev–Trinajstić information content (AvgIpc) is 3.00. The van der Waals surface area contributed by atoms with Crippen molar-refractivity contribution < 1.29 is 17.9 Å². The molecule has 1 aromatic carbocycles. The Morgan fingerprint density at radius 2 is 1.92 bits per heavy atom. The molecular formula is C18H25NO4S. The van der Waals surface area contributed by atoms with E-state index < -0.39 is 16.3 Å². The Balaban J connectivity index is 1.96. The number of rotatable bonds is 4. The number of nitrogens with zero attached hydrogens (tertiary/aromatic N) is 1. The molecule has 0 N–H and O–H groups in total. The summed E-state index contributed by atoms with van der Waals surface area (Å²) in [5.74, 6) is -0.206. The first-order valence-corrected chi connectivity index (χ1v) is 10.1. The summed E-state index contributed by atoms with van der Waals surface area (Å²) in [4.78, 5) is 12.6. The smallest absolute Gasteiger partial charge is 0.245 e. The van der Waals surface area contributed by atoms with Crippen molar-refractivity contribution >= 4 is 15.8 Å². The lowest BCUT2D eigenvalue weighted by molar-refractivity contribution is -0.131. The predicted octanol–water partition coefficient (Wildman–Crippen LogP) is 2.88. The van der Waals surface area contributed by atoms with Gasteiger partial charge in [0.1, 0.15) is 12.0 Å².